The van der Waals surface area contributed by atoms with Crippen molar-refractivity contribution in [3.63, 3.8) is 0 Å². The van der Waals surface area contributed by atoms with Crippen LogP contribution in [0.3, 0.4) is 0 Å². The first kappa shape index (κ1) is 52.2. The minimum Gasteiger partial charge on any atom is -0.450 e. The van der Waals surface area contributed by atoms with Crippen molar-refractivity contribution in [3.05, 3.63) is 171 Å². The van der Waals surface area contributed by atoms with Crippen molar-refractivity contribution in [1.29, 1.82) is 0 Å². The summed E-state index contributed by atoms with van der Waals surface area (Å²) in [7, 11) is 0. The summed E-state index contributed by atoms with van der Waals surface area (Å²) in [6, 6.07) is 37.0. The molecule has 13 rings (SSSR count). The monoisotopic (exact) mass is 1130 g/mol. The number of benzene rings is 4. The Bertz CT molecular complexity index is 4110. The van der Waals surface area contributed by atoms with E-state index in [9.17, 15) is 20.4 Å². The van der Waals surface area contributed by atoms with E-state index in [0.29, 0.717) is 116 Å². The molecule has 81 heavy (non-hydrogen) atoms. The van der Waals surface area contributed by atoms with Gasteiger partial charge >= 0.3 is 19.5 Å². The van der Waals surface area contributed by atoms with Gasteiger partial charge in [-0.2, -0.15) is 18.3 Å². The second kappa shape index (κ2) is 22.7. The van der Waals surface area contributed by atoms with Crippen LogP contribution in [0.5, 0.6) is 46.0 Å². The number of hydrogen-bond acceptors (Lipinski definition) is 14. The molecule has 0 saturated carbocycles. The molecule has 0 aliphatic carbocycles. The third kappa shape index (κ3) is 10.4. The third-order valence-corrected chi connectivity index (χ3v) is 13.3. The Balaban J connectivity index is 0.00000651. The summed E-state index contributed by atoms with van der Waals surface area (Å²) in [4.78, 5) is 41.8. The number of aliphatic hydroxyl groups excluding tert-OH is 4. The minimum atomic E-state index is -0.0576. The second-order valence-electron chi connectivity index (χ2n) is 18.6. The van der Waals surface area contributed by atoms with Gasteiger partial charge in [0.15, 0.2) is 74.0 Å². The fraction of sp³-hybridized carbons (Fsp3) is 0.133. The molecule has 0 fully saturated rings. The summed E-state index contributed by atoms with van der Waals surface area (Å²) >= 11 is 0. The van der Waals surface area contributed by atoms with Crippen molar-refractivity contribution in [2.75, 3.05) is 26.4 Å². The van der Waals surface area contributed by atoms with Crippen molar-refractivity contribution < 1.29 is 77.1 Å². The molecule has 7 aromatic heterocycles. The van der Waals surface area contributed by atoms with Crippen LogP contribution in [0.1, 0.15) is 0 Å². The van der Waals surface area contributed by atoms with Crippen LogP contribution in [0.25, 0.3) is 89.7 Å². The molecule has 8 bridgehead atoms. The van der Waals surface area contributed by atoms with E-state index in [-0.39, 0.29) is 91.8 Å². The van der Waals surface area contributed by atoms with E-state index < -0.39 is 0 Å². The average molecular weight is 1130 g/mol. The maximum Gasteiger partial charge on any atom is 2.00 e. The normalized spacial score (nSPS) is 11.5. The van der Waals surface area contributed by atoms with Crippen LogP contribution in [0, 0.1) is 0 Å². The molecule has 0 amide bonds. The Morgan fingerprint density at radius 3 is 1.02 bits per heavy atom. The van der Waals surface area contributed by atoms with Crippen molar-refractivity contribution in [1.82, 2.24) is 39.9 Å². The van der Waals surface area contributed by atoms with E-state index in [4.69, 9.17) is 58.8 Å². The van der Waals surface area contributed by atoms with Gasteiger partial charge in [0.25, 0.3) is 0 Å². The van der Waals surface area contributed by atoms with Crippen molar-refractivity contribution in [2.45, 2.75) is 26.2 Å². The summed E-state index contributed by atoms with van der Waals surface area (Å²) in [5, 5.41) is 41.3. The predicted molar refractivity (Wildman–Crippen MR) is 289 cm³/mol. The zero-order chi connectivity index (χ0) is 54.1. The zero-order valence-corrected chi connectivity index (χ0v) is 46.3. The molecule has 394 valence electrons. The number of pyridine rings is 4. The molecule has 0 atom stereocenters. The van der Waals surface area contributed by atoms with Crippen LogP contribution in [0.4, 0.5) is 0 Å². The Labute approximate surface area is 473 Å². The van der Waals surface area contributed by atoms with Gasteiger partial charge in [-0.1, -0.05) is 48.5 Å². The van der Waals surface area contributed by atoms with E-state index in [1.165, 1.54) is 0 Å². The van der Waals surface area contributed by atoms with E-state index in [1.807, 2.05) is 164 Å². The van der Waals surface area contributed by atoms with Gasteiger partial charge in [0.2, 0.25) is 24.8 Å². The smallest absolute Gasteiger partial charge is 0.450 e. The van der Waals surface area contributed by atoms with E-state index in [0.717, 1.165) is 0 Å². The number of aliphatic hydroxyl groups is 4. The Morgan fingerprint density at radius 1 is 0.346 bits per heavy atom. The third-order valence-electron chi connectivity index (χ3n) is 13.3. The first-order valence-electron chi connectivity index (χ1n) is 25.8. The molecule has 2 aliphatic rings. The van der Waals surface area contributed by atoms with Crippen LogP contribution in [-0.4, -0.2) is 76.8 Å². The Morgan fingerprint density at radius 2 is 0.667 bits per heavy atom. The van der Waals surface area contributed by atoms with Crippen LogP contribution >= 0.6 is 0 Å². The Hall–Kier alpha value is -9.50. The predicted octanol–water partition coefficient (Wildman–Crippen LogP) is 6.41. The maximum absolute atomic E-state index is 9.77. The van der Waals surface area contributed by atoms with Gasteiger partial charge in [-0.05, 0) is 59.3 Å². The minimum absolute atomic E-state index is 0. The average Bonchev–Trinajstić information content (AvgIpc) is 4.07. The molecular weight excluding hydrogens is 1080 g/mol. The van der Waals surface area contributed by atoms with Crippen LogP contribution < -0.4 is 47.2 Å². The fourth-order valence-corrected chi connectivity index (χ4v) is 9.82. The summed E-state index contributed by atoms with van der Waals surface area (Å²) < 4.78 is 34.0. The second-order valence-corrected chi connectivity index (χ2v) is 18.6. The topological polar surface area (TPSA) is 239 Å². The van der Waals surface area contributed by atoms with Gasteiger partial charge in [-0.25, -0.2) is 9.97 Å². The number of aromatic nitrogens is 12. The molecule has 0 unspecified atom stereocenters. The van der Waals surface area contributed by atoms with Crippen molar-refractivity contribution in [3.8, 4) is 91.5 Å². The first-order valence-corrected chi connectivity index (χ1v) is 25.8. The van der Waals surface area contributed by atoms with Crippen LogP contribution in [-0.2, 0) is 45.7 Å². The first-order chi connectivity index (χ1) is 39.4. The van der Waals surface area contributed by atoms with Gasteiger partial charge < -0.3 is 69.3 Å². The molecule has 0 spiro atoms. The zero-order valence-electron chi connectivity index (χ0n) is 43.3. The van der Waals surface area contributed by atoms with Crippen molar-refractivity contribution >= 4 is 44.1 Å². The SMILES string of the molecule is OCC[n+]1cccc(Oc2cccc3c2-c2nc-3nc3[n-]c(nc4nc(nc5[n-]c(n2)c2cccc(Oc6ccc[n+](CCO)c6)c52)-c2cccc(Oc5ccc[n+](CCO)c5)c2-4)c2cccc(Oc4ccc[n+](CCO)c4)c32)c1.[Zn+2]. The van der Waals surface area contributed by atoms with E-state index in [2.05, 4.69) is 0 Å². The molecule has 0 saturated heterocycles. The standard InChI is InChI=1S/C60H48N12O8.Zn/c73-29-25-69-21-5-9-37(33-69)77-45-17-1-13-41-49(45)57-61-53(41)65-58-50-42(14-2-18-46(50)78-38-10-6-22-70(34-38)26-30-74)55(62-58)67-60-52-44(16-4-20-48(52)80-40-12-8-24-72(36-40)28-32-76)56(64-60)68-59-51-43(54(63-59)66-57)15-3-19-47(51)79-39-11-7-23-71(35-39)27-31-75;/h1-24,33-36,73-76H,25-32H2;/q2*+2. The van der Waals surface area contributed by atoms with Crippen LogP contribution in [0.15, 0.2) is 171 Å². The molecule has 9 heterocycles. The summed E-state index contributed by atoms with van der Waals surface area (Å²) in [6.45, 7) is 1.23. The molecule has 11 aromatic rings. The van der Waals surface area contributed by atoms with Gasteiger partial charge in [0.1, 0.15) is 49.4 Å². The summed E-state index contributed by atoms with van der Waals surface area (Å²) in [5.41, 5.74) is 3.25. The number of rotatable bonds is 16. The van der Waals surface area contributed by atoms with Crippen molar-refractivity contribution in [2.24, 2.45) is 0 Å². The molecule has 4 N–H and O–H groups in total. The number of ether oxygens (including phenoxy) is 4. The molecule has 2 aliphatic heterocycles. The van der Waals surface area contributed by atoms with Gasteiger partial charge in [0.05, 0.1) is 34.4 Å². The number of nitrogens with zero attached hydrogens (tertiary/aromatic N) is 12. The van der Waals surface area contributed by atoms with E-state index in [1.54, 1.807) is 24.8 Å². The molecular formula is C60H48N12O8Zn+4. The number of fused-ring (bicyclic) bond motifs is 20. The van der Waals surface area contributed by atoms with E-state index >= 15 is 0 Å². The van der Waals surface area contributed by atoms with Gasteiger partial charge in [0, 0.05) is 68.8 Å². The fourth-order valence-electron chi connectivity index (χ4n) is 9.82. The molecule has 21 heteroatoms. The maximum atomic E-state index is 9.77. The quantitative estimate of drug-likeness (QED) is 0.0604. The van der Waals surface area contributed by atoms with Gasteiger partial charge in [-0.15, -0.1) is 0 Å². The molecule has 4 aromatic carbocycles. The molecule has 20 nitrogen and oxygen atoms in total. The molecule has 0 radical (unpaired) electrons. The Kier molecular flexibility index (Phi) is 14.6. The summed E-state index contributed by atoms with van der Waals surface area (Å²) in [6.07, 6.45) is 14.6. The largest absolute Gasteiger partial charge is 2.00 e. The van der Waals surface area contributed by atoms with Crippen LogP contribution in [0.2, 0.25) is 0 Å². The summed E-state index contributed by atoms with van der Waals surface area (Å²) in [5.74, 6) is 4.75. The number of hydrogen-bond donors (Lipinski definition) is 4. The van der Waals surface area contributed by atoms with Gasteiger partial charge in [-0.3, -0.25) is 0 Å².